The first-order valence-corrected chi connectivity index (χ1v) is 12.9. The van der Waals surface area contributed by atoms with E-state index in [0.717, 1.165) is 0 Å². The van der Waals surface area contributed by atoms with Gasteiger partial charge in [0.15, 0.2) is 21.5 Å². The molecule has 0 aromatic carbocycles. The summed E-state index contributed by atoms with van der Waals surface area (Å²) in [6.45, 7) is 3.25. The molecule has 1 saturated carbocycles. The van der Waals surface area contributed by atoms with Gasteiger partial charge in [0.25, 0.3) is 0 Å². The second kappa shape index (κ2) is 10.1. The van der Waals surface area contributed by atoms with Crippen LogP contribution in [-0.2, 0) is 20.3 Å². The Bertz CT molecular complexity index is 1300. The smallest absolute Gasteiger partial charge is 0.241 e. The van der Waals surface area contributed by atoms with Crippen LogP contribution in [0, 0.1) is 6.92 Å². The van der Waals surface area contributed by atoms with Gasteiger partial charge in [-0.25, -0.2) is 27.8 Å². The van der Waals surface area contributed by atoms with Gasteiger partial charge in [-0.05, 0) is 26.7 Å². The summed E-state index contributed by atoms with van der Waals surface area (Å²) in [5.41, 5.74) is 0.949. The Labute approximate surface area is 207 Å². The van der Waals surface area contributed by atoms with Crippen LogP contribution in [0.25, 0.3) is 5.69 Å². The van der Waals surface area contributed by atoms with Crippen LogP contribution in [0.5, 0.6) is 5.88 Å². The molecule has 0 spiro atoms. The molecular formula is C21H25ClFN7O4S. The number of aryl methyl sites for hydroxylation is 1. The number of rotatable bonds is 9. The van der Waals surface area contributed by atoms with Crippen LogP contribution in [0.4, 0.5) is 4.39 Å². The molecule has 0 bridgehead atoms. The zero-order valence-corrected chi connectivity index (χ0v) is 21.2. The van der Waals surface area contributed by atoms with Gasteiger partial charge in [0.2, 0.25) is 5.88 Å². The van der Waals surface area contributed by atoms with Crippen molar-refractivity contribution in [3.05, 3.63) is 46.9 Å². The van der Waals surface area contributed by atoms with Gasteiger partial charge in [-0.2, -0.15) is 4.98 Å². The number of hydrogen-bond donors (Lipinski definition) is 0. The summed E-state index contributed by atoms with van der Waals surface area (Å²) in [5, 5.41) is 7.72. The van der Waals surface area contributed by atoms with E-state index < -0.39 is 33.1 Å². The molecule has 14 heteroatoms. The van der Waals surface area contributed by atoms with Crippen molar-refractivity contribution in [2.24, 2.45) is 0 Å². The van der Waals surface area contributed by atoms with Gasteiger partial charge in [0.1, 0.15) is 35.9 Å². The van der Waals surface area contributed by atoms with Crippen molar-refractivity contribution in [1.29, 1.82) is 0 Å². The Morgan fingerprint density at radius 2 is 1.86 bits per heavy atom. The Kier molecular flexibility index (Phi) is 7.29. The van der Waals surface area contributed by atoms with E-state index in [-0.39, 0.29) is 36.3 Å². The third-order valence-corrected chi connectivity index (χ3v) is 8.30. The molecule has 11 nitrogen and oxygen atoms in total. The van der Waals surface area contributed by atoms with E-state index in [4.69, 9.17) is 21.1 Å². The minimum Gasteiger partial charge on any atom is -0.479 e. The second-order valence-corrected chi connectivity index (χ2v) is 11.1. The summed E-state index contributed by atoms with van der Waals surface area (Å²) in [5.74, 6) is 0.301. The Hall–Kier alpha value is -2.77. The van der Waals surface area contributed by atoms with Gasteiger partial charge in [-0.3, -0.25) is 4.57 Å². The van der Waals surface area contributed by atoms with Crippen LogP contribution >= 0.6 is 11.6 Å². The van der Waals surface area contributed by atoms with E-state index in [0.29, 0.717) is 22.2 Å². The average Bonchev–Trinajstić information content (AvgIpc) is 3.19. The third-order valence-electron chi connectivity index (χ3n) is 6.06. The quantitative estimate of drug-likeness (QED) is 0.410. The fourth-order valence-electron chi connectivity index (χ4n) is 4.02. The molecule has 188 valence electrons. The lowest BCUT2D eigenvalue weighted by atomic mass is 9.83. The predicted octanol–water partition coefficient (Wildman–Crippen LogP) is 2.72. The first-order valence-electron chi connectivity index (χ1n) is 10.8. The third kappa shape index (κ3) is 4.98. The zero-order chi connectivity index (χ0) is 25.3. The van der Waals surface area contributed by atoms with Crippen molar-refractivity contribution in [2.75, 3.05) is 14.2 Å². The molecule has 0 amide bonds. The second-order valence-electron chi connectivity index (χ2n) is 8.32. The summed E-state index contributed by atoms with van der Waals surface area (Å²) < 4.78 is 53.1. The monoisotopic (exact) mass is 525 g/mol. The summed E-state index contributed by atoms with van der Waals surface area (Å²) in [6, 6.07) is 0. The number of hydrogen-bond acceptors (Lipinski definition) is 10. The van der Waals surface area contributed by atoms with Crippen molar-refractivity contribution in [2.45, 2.75) is 55.9 Å². The first-order chi connectivity index (χ1) is 16.7. The highest BCUT2D eigenvalue weighted by Gasteiger charge is 2.38. The molecule has 0 saturated heterocycles. The zero-order valence-electron chi connectivity index (χ0n) is 19.6. The van der Waals surface area contributed by atoms with E-state index in [1.807, 2.05) is 0 Å². The molecule has 0 aliphatic heterocycles. The molecular weight excluding hydrogens is 501 g/mol. The van der Waals surface area contributed by atoms with E-state index in [1.54, 1.807) is 11.5 Å². The summed E-state index contributed by atoms with van der Waals surface area (Å²) in [4.78, 5) is 16.6. The molecule has 0 unspecified atom stereocenters. The van der Waals surface area contributed by atoms with E-state index in [9.17, 15) is 12.8 Å². The maximum Gasteiger partial charge on any atom is 0.241 e. The maximum absolute atomic E-state index is 13.7. The number of alkyl halides is 1. The number of nitrogens with zero attached hydrogens (tertiary/aromatic N) is 7. The van der Waals surface area contributed by atoms with Gasteiger partial charge in [-0.15, -0.1) is 10.2 Å². The molecule has 3 aromatic heterocycles. The van der Waals surface area contributed by atoms with E-state index in [1.165, 1.54) is 39.9 Å². The highest BCUT2D eigenvalue weighted by atomic mass is 35.5. The number of ether oxygens (including phenoxy) is 2. The van der Waals surface area contributed by atoms with Crippen molar-refractivity contribution in [1.82, 2.24) is 34.7 Å². The number of methoxy groups -OCH3 is 2. The van der Waals surface area contributed by atoms with Crippen molar-refractivity contribution in [3.63, 3.8) is 0 Å². The average molecular weight is 526 g/mol. The highest BCUT2D eigenvalue weighted by molar-refractivity contribution is 7.91. The van der Waals surface area contributed by atoms with Gasteiger partial charge < -0.3 is 9.47 Å². The SMILES string of the molecule is COc1ncnc(C)c1-n1c(CS(=O)(=O)[C@@H](C)[C@H](OC)c2ncc(Cl)cn2)nnc1C1CC(F)C1. The molecule has 2 atom stereocenters. The van der Waals surface area contributed by atoms with Gasteiger partial charge in [-0.1, -0.05) is 11.6 Å². The van der Waals surface area contributed by atoms with Crippen LogP contribution in [0.1, 0.15) is 55.0 Å². The summed E-state index contributed by atoms with van der Waals surface area (Å²) >= 11 is 5.86. The largest absolute Gasteiger partial charge is 0.479 e. The fraction of sp³-hybridized carbons (Fsp3) is 0.524. The minimum absolute atomic E-state index is 0.136. The normalized spacial score (nSPS) is 19.7. The molecule has 4 rings (SSSR count). The Morgan fingerprint density at radius 1 is 1.17 bits per heavy atom. The molecule has 3 aromatic rings. The summed E-state index contributed by atoms with van der Waals surface area (Å²) in [7, 11) is -1.04. The summed E-state index contributed by atoms with van der Waals surface area (Å²) in [6.07, 6.45) is 2.76. The van der Waals surface area contributed by atoms with Gasteiger partial charge >= 0.3 is 0 Å². The van der Waals surface area contributed by atoms with Crippen LogP contribution in [0.2, 0.25) is 5.02 Å². The fourth-order valence-corrected chi connectivity index (χ4v) is 5.54. The van der Waals surface area contributed by atoms with Crippen molar-refractivity contribution >= 4 is 21.4 Å². The molecule has 1 fully saturated rings. The lowest BCUT2D eigenvalue weighted by Gasteiger charge is -2.29. The predicted molar refractivity (Wildman–Crippen MR) is 124 cm³/mol. The topological polar surface area (TPSA) is 135 Å². The lowest BCUT2D eigenvalue weighted by Crippen LogP contribution is -2.30. The Balaban J connectivity index is 1.74. The van der Waals surface area contributed by atoms with Crippen LogP contribution < -0.4 is 4.74 Å². The minimum atomic E-state index is -3.87. The van der Waals surface area contributed by atoms with Crippen LogP contribution in [0.3, 0.4) is 0 Å². The van der Waals surface area contributed by atoms with Crippen molar-refractivity contribution in [3.8, 4) is 11.6 Å². The maximum atomic E-state index is 13.7. The molecule has 0 N–H and O–H groups in total. The molecule has 3 heterocycles. The van der Waals surface area contributed by atoms with Crippen molar-refractivity contribution < 1.29 is 22.3 Å². The lowest BCUT2D eigenvalue weighted by molar-refractivity contribution is 0.0948. The van der Waals surface area contributed by atoms with Crippen LogP contribution in [0.15, 0.2) is 18.7 Å². The van der Waals surface area contributed by atoms with Crippen LogP contribution in [-0.4, -0.2) is 68.8 Å². The standard InChI is InChI=1S/C21H25ClFN7O4S/c1-11-17(21(34-4)27-10-26-11)30-16(28-29-20(30)13-5-15(23)6-13)9-35(31,32)12(2)18(33-3)19-24-7-14(22)8-25-19/h7-8,10,12-13,15,18H,5-6,9H2,1-4H3/t12-,13?,15?,18-/m0/s1. The number of halogens is 2. The highest BCUT2D eigenvalue weighted by Crippen LogP contribution is 2.40. The molecule has 35 heavy (non-hydrogen) atoms. The van der Waals surface area contributed by atoms with Gasteiger partial charge in [0.05, 0.1) is 23.1 Å². The first kappa shape index (κ1) is 25.3. The molecule has 1 aliphatic carbocycles. The molecule has 1 aliphatic rings. The van der Waals surface area contributed by atoms with E-state index in [2.05, 4.69) is 30.1 Å². The van der Waals surface area contributed by atoms with Gasteiger partial charge in [0, 0.05) is 25.4 Å². The number of aromatic nitrogens is 7. The Morgan fingerprint density at radius 3 is 2.46 bits per heavy atom. The number of sulfone groups is 1. The van der Waals surface area contributed by atoms with E-state index >= 15 is 0 Å². The molecule has 0 radical (unpaired) electrons.